The molecule has 0 radical (unpaired) electrons. The molecular weight excluding hydrogens is 211 g/mol. The number of hydrogen-bond donors (Lipinski definition) is 0. The van der Waals surface area contributed by atoms with E-state index in [0.717, 1.165) is 12.0 Å². The first-order chi connectivity index (χ1) is 7.00. The van der Waals surface area contributed by atoms with Gasteiger partial charge in [-0.05, 0) is 36.0 Å². The minimum absolute atomic E-state index is 0.0757. The highest BCUT2D eigenvalue weighted by molar-refractivity contribution is 6.20. The SMILES string of the molecule is CC(C)C(C)C(Cl)Cc1cccc(F)c1. The van der Waals surface area contributed by atoms with Gasteiger partial charge < -0.3 is 0 Å². The van der Waals surface area contributed by atoms with Gasteiger partial charge in [0.1, 0.15) is 5.82 Å². The molecule has 84 valence electrons. The third-order valence-corrected chi connectivity index (χ3v) is 3.49. The summed E-state index contributed by atoms with van der Waals surface area (Å²) in [5.41, 5.74) is 0.975. The summed E-state index contributed by atoms with van der Waals surface area (Å²) >= 11 is 6.29. The monoisotopic (exact) mass is 228 g/mol. The van der Waals surface area contributed by atoms with E-state index in [2.05, 4.69) is 20.8 Å². The second-order valence-corrected chi connectivity index (χ2v) is 5.01. The van der Waals surface area contributed by atoms with Crippen LogP contribution in [0.2, 0.25) is 0 Å². The molecule has 0 N–H and O–H groups in total. The Morgan fingerprint density at radius 3 is 2.47 bits per heavy atom. The van der Waals surface area contributed by atoms with Crippen LogP contribution < -0.4 is 0 Å². The molecule has 0 aliphatic carbocycles. The van der Waals surface area contributed by atoms with Crippen LogP contribution in [0.15, 0.2) is 24.3 Å². The van der Waals surface area contributed by atoms with Crippen molar-refractivity contribution in [3.05, 3.63) is 35.6 Å². The van der Waals surface area contributed by atoms with Crippen molar-refractivity contribution in [3.8, 4) is 0 Å². The minimum atomic E-state index is -0.187. The summed E-state index contributed by atoms with van der Waals surface area (Å²) in [6.07, 6.45) is 0.735. The van der Waals surface area contributed by atoms with Crippen molar-refractivity contribution in [2.45, 2.75) is 32.6 Å². The first kappa shape index (κ1) is 12.5. The van der Waals surface area contributed by atoms with Crippen molar-refractivity contribution in [3.63, 3.8) is 0 Å². The highest BCUT2D eigenvalue weighted by Crippen LogP contribution is 2.23. The third kappa shape index (κ3) is 3.83. The van der Waals surface area contributed by atoms with Crippen molar-refractivity contribution >= 4 is 11.6 Å². The average Bonchev–Trinajstić information content (AvgIpc) is 2.16. The Morgan fingerprint density at radius 2 is 1.93 bits per heavy atom. The van der Waals surface area contributed by atoms with Crippen LogP contribution in [0.3, 0.4) is 0 Å². The molecule has 2 atom stereocenters. The summed E-state index contributed by atoms with van der Waals surface area (Å²) in [5, 5.41) is 0.0757. The molecule has 2 unspecified atom stereocenters. The van der Waals surface area contributed by atoms with E-state index in [1.54, 1.807) is 12.1 Å². The lowest BCUT2D eigenvalue weighted by atomic mass is 9.91. The zero-order valence-electron chi connectivity index (χ0n) is 9.50. The predicted molar refractivity (Wildman–Crippen MR) is 63.7 cm³/mol. The van der Waals surface area contributed by atoms with Crippen LogP contribution in [-0.4, -0.2) is 5.38 Å². The predicted octanol–water partition coefficient (Wildman–Crippen LogP) is 4.27. The summed E-state index contributed by atoms with van der Waals surface area (Å²) in [5.74, 6) is 0.810. The lowest BCUT2D eigenvalue weighted by Crippen LogP contribution is -2.19. The van der Waals surface area contributed by atoms with Gasteiger partial charge in [0.15, 0.2) is 0 Å². The average molecular weight is 229 g/mol. The summed E-state index contributed by atoms with van der Waals surface area (Å²) in [4.78, 5) is 0. The molecule has 1 rings (SSSR count). The Labute approximate surface area is 96.5 Å². The fourth-order valence-electron chi connectivity index (χ4n) is 1.49. The molecule has 2 heteroatoms. The Hall–Kier alpha value is -0.560. The topological polar surface area (TPSA) is 0 Å². The van der Waals surface area contributed by atoms with Gasteiger partial charge in [0, 0.05) is 5.38 Å². The minimum Gasteiger partial charge on any atom is -0.207 e. The van der Waals surface area contributed by atoms with Crippen LogP contribution in [-0.2, 0) is 6.42 Å². The van der Waals surface area contributed by atoms with Gasteiger partial charge in [0.2, 0.25) is 0 Å². The standard InChI is InChI=1S/C13H18ClF/c1-9(2)10(3)13(14)8-11-5-4-6-12(15)7-11/h4-7,9-10,13H,8H2,1-3H3. The molecule has 0 aliphatic rings. The molecule has 1 aromatic carbocycles. The van der Waals surface area contributed by atoms with Crippen LogP contribution in [0, 0.1) is 17.7 Å². The zero-order valence-corrected chi connectivity index (χ0v) is 10.3. The normalized spacial score (nSPS) is 15.3. The molecule has 0 aliphatic heterocycles. The van der Waals surface area contributed by atoms with Gasteiger partial charge in [-0.3, -0.25) is 0 Å². The van der Waals surface area contributed by atoms with Crippen LogP contribution in [0.25, 0.3) is 0 Å². The highest BCUT2D eigenvalue weighted by Gasteiger charge is 2.18. The van der Waals surface area contributed by atoms with E-state index >= 15 is 0 Å². The number of halogens is 2. The number of hydrogen-bond acceptors (Lipinski definition) is 0. The van der Waals surface area contributed by atoms with E-state index in [9.17, 15) is 4.39 Å². The second-order valence-electron chi connectivity index (χ2n) is 4.45. The first-order valence-corrected chi connectivity index (χ1v) is 5.83. The summed E-state index contributed by atoms with van der Waals surface area (Å²) in [7, 11) is 0. The van der Waals surface area contributed by atoms with E-state index in [4.69, 9.17) is 11.6 Å². The van der Waals surface area contributed by atoms with Gasteiger partial charge in [-0.25, -0.2) is 4.39 Å². The maximum absolute atomic E-state index is 12.9. The van der Waals surface area contributed by atoms with Crippen molar-refractivity contribution in [1.29, 1.82) is 0 Å². The number of rotatable bonds is 4. The molecule has 0 saturated heterocycles. The van der Waals surface area contributed by atoms with Crippen molar-refractivity contribution < 1.29 is 4.39 Å². The van der Waals surface area contributed by atoms with Crippen molar-refractivity contribution in [2.24, 2.45) is 11.8 Å². The van der Waals surface area contributed by atoms with Crippen molar-refractivity contribution in [1.82, 2.24) is 0 Å². The quantitative estimate of drug-likeness (QED) is 0.676. The van der Waals surface area contributed by atoms with Gasteiger partial charge >= 0.3 is 0 Å². The molecule has 0 fully saturated rings. The molecular formula is C13H18ClF. The smallest absolute Gasteiger partial charge is 0.123 e. The van der Waals surface area contributed by atoms with E-state index in [1.807, 2.05) is 6.07 Å². The Bertz CT molecular complexity index is 309. The van der Waals surface area contributed by atoms with E-state index in [1.165, 1.54) is 6.07 Å². The fraction of sp³-hybridized carbons (Fsp3) is 0.538. The Kier molecular flexibility index (Phi) is 4.59. The maximum Gasteiger partial charge on any atom is 0.123 e. The first-order valence-electron chi connectivity index (χ1n) is 5.39. The van der Waals surface area contributed by atoms with Gasteiger partial charge in [-0.2, -0.15) is 0 Å². The number of alkyl halides is 1. The molecule has 0 spiro atoms. The van der Waals surface area contributed by atoms with Gasteiger partial charge in [-0.1, -0.05) is 32.9 Å². The second kappa shape index (κ2) is 5.50. The Morgan fingerprint density at radius 1 is 1.27 bits per heavy atom. The lowest BCUT2D eigenvalue weighted by molar-refractivity contribution is 0.398. The molecule has 0 nitrogen and oxygen atoms in total. The van der Waals surface area contributed by atoms with Gasteiger partial charge in [0.05, 0.1) is 0 Å². The largest absolute Gasteiger partial charge is 0.207 e. The molecule has 0 bridgehead atoms. The maximum atomic E-state index is 12.9. The summed E-state index contributed by atoms with van der Waals surface area (Å²) in [6, 6.07) is 6.67. The molecule has 0 aromatic heterocycles. The van der Waals surface area contributed by atoms with E-state index in [-0.39, 0.29) is 11.2 Å². The van der Waals surface area contributed by atoms with E-state index < -0.39 is 0 Å². The number of benzene rings is 1. The fourth-order valence-corrected chi connectivity index (χ4v) is 1.96. The zero-order chi connectivity index (χ0) is 11.4. The van der Waals surface area contributed by atoms with E-state index in [0.29, 0.717) is 11.8 Å². The van der Waals surface area contributed by atoms with Crippen LogP contribution >= 0.6 is 11.6 Å². The summed E-state index contributed by atoms with van der Waals surface area (Å²) in [6.45, 7) is 6.46. The molecule has 1 aromatic rings. The van der Waals surface area contributed by atoms with Crippen LogP contribution in [0.1, 0.15) is 26.3 Å². The highest BCUT2D eigenvalue weighted by atomic mass is 35.5. The molecule has 0 saturated carbocycles. The van der Waals surface area contributed by atoms with Crippen LogP contribution in [0.5, 0.6) is 0 Å². The summed E-state index contributed by atoms with van der Waals surface area (Å²) < 4.78 is 12.9. The molecule has 0 amide bonds. The molecule has 15 heavy (non-hydrogen) atoms. The van der Waals surface area contributed by atoms with Crippen LogP contribution in [0.4, 0.5) is 4.39 Å². The van der Waals surface area contributed by atoms with Gasteiger partial charge in [0.25, 0.3) is 0 Å². The Balaban J connectivity index is 2.62. The third-order valence-electron chi connectivity index (χ3n) is 2.94. The van der Waals surface area contributed by atoms with Gasteiger partial charge in [-0.15, -0.1) is 11.6 Å². The molecule has 0 heterocycles. The van der Waals surface area contributed by atoms with Crippen molar-refractivity contribution in [2.75, 3.05) is 0 Å². The lowest BCUT2D eigenvalue weighted by Gasteiger charge is -2.21.